The summed E-state index contributed by atoms with van der Waals surface area (Å²) in [6.45, 7) is 2.72. The minimum absolute atomic E-state index is 0.397. The molecule has 1 aliphatic rings. The van der Waals surface area contributed by atoms with E-state index in [0.29, 0.717) is 12.5 Å². The number of rotatable bonds is 4. The highest BCUT2D eigenvalue weighted by atomic mass is 16.5. The van der Waals surface area contributed by atoms with E-state index in [1.807, 2.05) is 44.2 Å². The highest BCUT2D eigenvalue weighted by Gasteiger charge is 2.22. The lowest BCUT2D eigenvalue weighted by Gasteiger charge is -2.25. The van der Waals surface area contributed by atoms with Gasteiger partial charge >= 0.3 is 0 Å². The summed E-state index contributed by atoms with van der Waals surface area (Å²) in [5, 5.41) is 0. The molecule has 1 aliphatic heterocycles. The number of aryl methyl sites for hydroxylation is 1. The van der Waals surface area contributed by atoms with Gasteiger partial charge < -0.3 is 14.4 Å². The molecular weight excluding hydrogens is 290 g/mol. The van der Waals surface area contributed by atoms with Crippen LogP contribution in [0.25, 0.3) is 0 Å². The van der Waals surface area contributed by atoms with E-state index in [1.54, 1.807) is 7.11 Å². The van der Waals surface area contributed by atoms with E-state index in [2.05, 4.69) is 16.0 Å². The molecule has 1 atom stereocenters. The molecule has 0 saturated heterocycles. The highest BCUT2D eigenvalue weighted by Crippen LogP contribution is 2.32. The fraction of sp³-hybridized carbons (Fsp3) is 0.444. The summed E-state index contributed by atoms with van der Waals surface area (Å²) in [4.78, 5) is 11.2. The first kappa shape index (κ1) is 15.6. The van der Waals surface area contributed by atoms with Gasteiger partial charge in [0.05, 0.1) is 13.7 Å². The molecule has 0 bridgehead atoms. The Morgan fingerprint density at radius 2 is 2.17 bits per heavy atom. The van der Waals surface area contributed by atoms with Crippen LogP contribution in [0.1, 0.15) is 17.0 Å². The van der Waals surface area contributed by atoms with E-state index in [-0.39, 0.29) is 0 Å². The molecule has 5 nitrogen and oxygen atoms in total. The van der Waals surface area contributed by atoms with E-state index < -0.39 is 0 Å². The molecule has 0 N–H and O–H groups in total. The van der Waals surface area contributed by atoms with Crippen LogP contribution in [0.3, 0.4) is 0 Å². The largest absolute Gasteiger partial charge is 0.497 e. The van der Waals surface area contributed by atoms with Crippen LogP contribution in [0.4, 0.5) is 5.82 Å². The second-order valence-electron chi connectivity index (χ2n) is 6.25. The van der Waals surface area contributed by atoms with E-state index in [0.717, 1.165) is 41.5 Å². The van der Waals surface area contributed by atoms with Gasteiger partial charge in [-0.1, -0.05) is 6.07 Å². The van der Waals surface area contributed by atoms with E-state index >= 15 is 0 Å². The second-order valence-corrected chi connectivity index (χ2v) is 6.25. The molecule has 0 spiro atoms. The minimum Gasteiger partial charge on any atom is -0.497 e. The fourth-order valence-electron chi connectivity index (χ4n) is 2.95. The summed E-state index contributed by atoms with van der Waals surface area (Å²) in [7, 11) is 5.68. The first-order chi connectivity index (χ1) is 11.1. The average molecular weight is 313 g/mol. The number of aromatic nitrogens is 2. The third-order valence-corrected chi connectivity index (χ3v) is 4.15. The van der Waals surface area contributed by atoms with Crippen molar-refractivity contribution >= 4 is 5.82 Å². The Morgan fingerprint density at radius 1 is 1.35 bits per heavy atom. The molecule has 0 aliphatic carbocycles. The second kappa shape index (κ2) is 6.44. The average Bonchev–Trinajstić information content (AvgIpc) is 2.56. The molecule has 0 radical (unpaired) electrons. The monoisotopic (exact) mass is 313 g/mol. The summed E-state index contributed by atoms with van der Waals surface area (Å²) in [6.07, 6.45) is 3.71. The normalized spacial score (nSPS) is 16.4. The van der Waals surface area contributed by atoms with Crippen molar-refractivity contribution < 1.29 is 9.47 Å². The van der Waals surface area contributed by atoms with Gasteiger partial charge in [0.15, 0.2) is 0 Å². The maximum absolute atomic E-state index is 5.91. The number of anilines is 1. The van der Waals surface area contributed by atoms with Gasteiger partial charge in [-0.3, -0.25) is 0 Å². The third kappa shape index (κ3) is 3.38. The van der Waals surface area contributed by atoms with Gasteiger partial charge in [-0.15, -0.1) is 0 Å². The fourth-order valence-corrected chi connectivity index (χ4v) is 2.95. The molecule has 0 saturated carbocycles. The van der Waals surface area contributed by atoms with Crippen LogP contribution in [0.15, 0.2) is 24.4 Å². The van der Waals surface area contributed by atoms with Gasteiger partial charge in [0, 0.05) is 44.3 Å². The van der Waals surface area contributed by atoms with Gasteiger partial charge in [-0.25, -0.2) is 9.97 Å². The quantitative estimate of drug-likeness (QED) is 0.868. The number of ether oxygens (including phenoxy) is 2. The Labute approximate surface area is 137 Å². The zero-order chi connectivity index (χ0) is 16.4. The number of fused-ring (bicyclic) bond motifs is 1. The molecular formula is C18H23N3O2. The van der Waals surface area contributed by atoms with Crippen molar-refractivity contribution in [2.75, 3.05) is 32.7 Å². The van der Waals surface area contributed by atoms with Crippen molar-refractivity contribution in [2.45, 2.75) is 19.8 Å². The molecule has 0 fully saturated rings. The van der Waals surface area contributed by atoms with Crippen molar-refractivity contribution in [3.05, 3.63) is 41.3 Å². The summed E-state index contributed by atoms with van der Waals surface area (Å²) >= 11 is 0. The van der Waals surface area contributed by atoms with Gasteiger partial charge in [-0.2, -0.15) is 0 Å². The van der Waals surface area contributed by atoms with Gasteiger partial charge in [0.25, 0.3) is 0 Å². The molecule has 5 heteroatoms. The van der Waals surface area contributed by atoms with Crippen molar-refractivity contribution in [1.29, 1.82) is 0 Å². The Bertz CT molecular complexity index is 701. The first-order valence-corrected chi connectivity index (χ1v) is 7.86. The summed E-state index contributed by atoms with van der Waals surface area (Å²) < 4.78 is 11.2. The van der Waals surface area contributed by atoms with E-state index in [9.17, 15) is 0 Å². The molecule has 1 aromatic carbocycles. The number of methoxy groups -OCH3 is 1. The summed E-state index contributed by atoms with van der Waals surface area (Å²) in [5.74, 6) is 4.02. The lowest BCUT2D eigenvalue weighted by molar-refractivity contribution is 0.218. The molecule has 3 rings (SSSR count). The zero-order valence-electron chi connectivity index (χ0n) is 14.2. The van der Waals surface area contributed by atoms with Crippen molar-refractivity contribution in [2.24, 2.45) is 5.92 Å². The molecule has 122 valence electrons. The SMILES string of the molecule is COc1ccc2c(c1)OC[C@H](Cc1ncc(C)c(N(C)C)n1)C2. The van der Waals surface area contributed by atoms with Crippen molar-refractivity contribution in [3.8, 4) is 11.5 Å². The van der Waals surface area contributed by atoms with Crippen molar-refractivity contribution in [3.63, 3.8) is 0 Å². The van der Waals surface area contributed by atoms with Crippen LogP contribution in [0.5, 0.6) is 11.5 Å². The predicted octanol–water partition coefficient (Wildman–Crippen LogP) is 2.65. The number of benzene rings is 1. The van der Waals surface area contributed by atoms with Gasteiger partial charge in [-0.05, 0) is 25.0 Å². The summed E-state index contributed by atoms with van der Waals surface area (Å²) in [5.41, 5.74) is 2.32. The van der Waals surface area contributed by atoms with Crippen LogP contribution in [0.2, 0.25) is 0 Å². The topological polar surface area (TPSA) is 47.5 Å². The smallest absolute Gasteiger partial charge is 0.134 e. The Kier molecular flexibility index (Phi) is 4.37. The minimum atomic E-state index is 0.397. The third-order valence-electron chi connectivity index (χ3n) is 4.15. The van der Waals surface area contributed by atoms with Crippen LogP contribution >= 0.6 is 0 Å². The predicted molar refractivity (Wildman–Crippen MR) is 90.5 cm³/mol. The lowest BCUT2D eigenvalue weighted by Crippen LogP contribution is -2.24. The van der Waals surface area contributed by atoms with Crippen molar-refractivity contribution in [1.82, 2.24) is 9.97 Å². The zero-order valence-corrected chi connectivity index (χ0v) is 14.2. The summed E-state index contributed by atoms with van der Waals surface area (Å²) in [6, 6.07) is 6.02. The lowest BCUT2D eigenvalue weighted by atomic mass is 9.93. The molecule has 1 aromatic heterocycles. The molecule has 0 amide bonds. The van der Waals surface area contributed by atoms with Crippen LogP contribution < -0.4 is 14.4 Å². The number of hydrogen-bond donors (Lipinski definition) is 0. The number of nitrogens with zero attached hydrogens (tertiary/aromatic N) is 3. The Hall–Kier alpha value is -2.30. The maximum Gasteiger partial charge on any atom is 0.134 e. The van der Waals surface area contributed by atoms with Gasteiger partial charge in [0.2, 0.25) is 0 Å². The van der Waals surface area contributed by atoms with E-state index in [1.165, 1.54) is 5.56 Å². The number of hydrogen-bond acceptors (Lipinski definition) is 5. The van der Waals surface area contributed by atoms with Crippen LogP contribution in [0, 0.1) is 12.8 Å². The first-order valence-electron chi connectivity index (χ1n) is 7.86. The highest BCUT2D eigenvalue weighted by molar-refractivity contribution is 5.44. The standard InChI is InChI=1S/C18H23N3O2/c1-12-10-19-17(20-18(12)21(2)3)8-13-7-14-5-6-15(22-4)9-16(14)23-11-13/h5-6,9-10,13H,7-8,11H2,1-4H3/t13-/m0/s1. The molecule has 23 heavy (non-hydrogen) atoms. The van der Waals surface area contributed by atoms with Crippen LogP contribution in [-0.2, 0) is 12.8 Å². The van der Waals surface area contributed by atoms with Gasteiger partial charge in [0.1, 0.15) is 23.1 Å². The Morgan fingerprint density at radius 3 is 2.91 bits per heavy atom. The molecule has 2 heterocycles. The van der Waals surface area contributed by atoms with E-state index in [4.69, 9.17) is 9.47 Å². The van der Waals surface area contributed by atoms with Crippen LogP contribution in [-0.4, -0.2) is 37.8 Å². The maximum atomic E-state index is 5.91. The Balaban J connectivity index is 1.73. The molecule has 2 aromatic rings. The molecule has 0 unspecified atom stereocenters.